The van der Waals surface area contributed by atoms with Crippen molar-refractivity contribution in [3.63, 3.8) is 0 Å². The molecule has 2 heterocycles. The van der Waals surface area contributed by atoms with E-state index in [4.69, 9.17) is 14.2 Å². The number of hydrogen-bond donors (Lipinski definition) is 1. The molecule has 3 atom stereocenters. The van der Waals surface area contributed by atoms with Gasteiger partial charge < -0.3 is 19.3 Å². The predicted molar refractivity (Wildman–Crippen MR) is 135 cm³/mol. The van der Waals surface area contributed by atoms with E-state index in [2.05, 4.69) is 4.90 Å². The molecule has 0 aliphatic carbocycles. The number of benzene rings is 2. The lowest BCUT2D eigenvalue weighted by molar-refractivity contribution is -0.143. The van der Waals surface area contributed by atoms with Crippen LogP contribution in [0.4, 0.5) is 0 Å². The van der Waals surface area contributed by atoms with Crippen molar-refractivity contribution in [2.45, 2.75) is 31.7 Å². The summed E-state index contributed by atoms with van der Waals surface area (Å²) in [5.74, 6) is 0.101. The standard InChI is InChI=1S/C26H34N2O7S/c1-4-5-14-36(31,32)27(2)12-13-28-16-21(19-8-11-22-23(15-19)35-17-34-22)24(26(29)30)25(28)18-6-9-20(33-3)10-7-18/h6-11,15,21,24-25H,4-5,12-14,16-17H2,1-3H3,(H,29,30)/t21-,24+,25-/m1/s1. The molecule has 2 aromatic rings. The number of fused-ring (bicyclic) bond motifs is 1. The van der Waals surface area contributed by atoms with Gasteiger partial charge in [-0.3, -0.25) is 9.69 Å². The maximum Gasteiger partial charge on any atom is 0.309 e. The number of carbonyl (C=O) groups is 1. The van der Waals surface area contributed by atoms with Crippen LogP contribution in [0.1, 0.15) is 42.9 Å². The van der Waals surface area contributed by atoms with Crippen molar-refractivity contribution in [2.24, 2.45) is 5.92 Å². The van der Waals surface area contributed by atoms with Crippen LogP contribution >= 0.6 is 0 Å². The second kappa shape index (κ2) is 11.1. The first kappa shape index (κ1) is 26.2. The summed E-state index contributed by atoms with van der Waals surface area (Å²) in [6.45, 7) is 3.26. The van der Waals surface area contributed by atoms with Crippen LogP contribution in [0.5, 0.6) is 17.2 Å². The Morgan fingerprint density at radius 2 is 1.83 bits per heavy atom. The minimum Gasteiger partial charge on any atom is -0.497 e. The topological polar surface area (TPSA) is 106 Å². The third kappa shape index (κ3) is 5.45. The van der Waals surface area contributed by atoms with Crippen molar-refractivity contribution >= 4 is 16.0 Å². The summed E-state index contributed by atoms with van der Waals surface area (Å²) in [6.07, 6.45) is 1.41. The van der Waals surface area contributed by atoms with Gasteiger partial charge in [-0.1, -0.05) is 31.5 Å². The van der Waals surface area contributed by atoms with Crippen molar-refractivity contribution < 1.29 is 32.5 Å². The summed E-state index contributed by atoms with van der Waals surface area (Å²) in [4.78, 5) is 14.8. The highest BCUT2D eigenvalue weighted by molar-refractivity contribution is 7.89. The minimum absolute atomic E-state index is 0.111. The lowest BCUT2D eigenvalue weighted by Gasteiger charge is -2.29. The van der Waals surface area contributed by atoms with Gasteiger partial charge in [0.1, 0.15) is 5.75 Å². The molecule has 4 rings (SSSR count). The summed E-state index contributed by atoms with van der Waals surface area (Å²) >= 11 is 0. The molecule has 2 aromatic carbocycles. The largest absolute Gasteiger partial charge is 0.497 e. The number of nitrogens with zero attached hydrogens (tertiary/aromatic N) is 2. The molecule has 0 saturated carbocycles. The van der Waals surface area contributed by atoms with Gasteiger partial charge in [-0.25, -0.2) is 12.7 Å². The average Bonchev–Trinajstić information content (AvgIpc) is 3.50. The third-order valence-corrected chi connectivity index (χ3v) is 9.04. The molecule has 1 fully saturated rings. The van der Waals surface area contributed by atoms with E-state index in [1.807, 2.05) is 49.4 Å². The summed E-state index contributed by atoms with van der Waals surface area (Å²) in [7, 11) is -0.189. The second-order valence-electron chi connectivity index (χ2n) is 9.29. The maximum absolute atomic E-state index is 12.7. The fraction of sp³-hybridized carbons (Fsp3) is 0.500. The smallest absolute Gasteiger partial charge is 0.309 e. The first-order chi connectivity index (χ1) is 17.2. The lowest BCUT2D eigenvalue weighted by Crippen LogP contribution is -2.38. The van der Waals surface area contributed by atoms with E-state index in [9.17, 15) is 18.3 Å². The van der Waals surface area contributed by atoms with Crippen molar-refractivity contribution in [1.29, 1.82) is 0 Å². The quantitative estimate of drug-likeness (QED) is 0.483. The highest BCUT2D eigenvalue weighted by Gasteiger charge is 2.47. The van der Waals surface area contributed by atoms with Gasteiger partial charge in [-0.15, -0.1) is 0 Å². The lowest BCUT2D eigenvalue weighted by atomic mass is 9.82. The molecule has 36 heavy (non-hydrogen) atoms. The van der Waals surface area contributed by atoms with Gasteiger partial charge in [0.2, 0.25) is 16.8 Å². The van der Waals surface area contributed by atoms with Crippen LogP contribution in [0, 0.1) is 5.92 Å². The molecule has 10 heteroatoms. The summed E-state index contributed by atoms with van der Waals surface area (Å²) in [5, 5.41) is 10.4. The molecule has 0 radical (unpaired) electrons. The van der Waals surface area contributed by atoms with Crippen LogP contribution in [-0.4, -0.2) is 75.0 Å². The maximum atomic E-state index is 12.7. The number of likely N-dealkylation sites (N-methyl/N-ethyl adjacent to an activating group) is 1. The van der Waals surface area contributed by atoms with Crippen LogP contribution in [0.15, 0.2) is 42.5 Å². The zero-order valence-corrected chi connectivity index (χ0v) is 21.7. The summed E-state index contributed by atoms with van der Waals surface area (Å²) in [5.41, 5.74) is 1.71. The molecule has 0 unspecified atom stereocenters. The van der Waals surface area contributed by atoms with E-state index in [0.717, 1.165) is 17.5 Å². The Morgan fingerprint density at radius 1 is 1.14 bits per heavy atom. The Morgan fingerprint density at radius 3 is 2.50 bits per heavy atom. The van der Waals surface area contributed by atoms with Crippen LogP contribution in [0.2, 0.25) is 0 Å². The van der Waals surface area contributed by atoms with E-state index in [1.54, 1.807) is 14.2 Å². The molecule has 2 aliphatic rings. The van der Waals surface area contributed by atoms with Gasteiger partial charge >= 0.3 is 5.97 Å². The van der Waals surface area contributed by atoms with Crippen LogP contribution in [0.3, 0.4) is 0 Å². The zero-order valence-electron chi connectivity index (χ0n) is 20.9. The Hall–Kier alpha value is -2.82. The SMILES string of the molecule is CCCCS(=O)(=O)N(C)CCN1C[C@H](c2ccc3c(c2)OCO3)[C@H](C(=O)O)[C@H]1c1ccc(OC)cc1. The molecular formula is C26H34N2O7S. The third-order valence-electron chi connectivity index (χ3n) is 7.10. The van der Waals surface area contributed by atoms with Gasteiger partial charge in [0.05, 0.1) is 18.8 Å². The Balaban J connectivity index is 1.64. The first-order valence-electron chi connectivity index (χ1n) is 12.2. The molecular weight excluding hydrogens is 484 g/mol. The van der Waals surface area contributed by atoms with Gasteiger partial charge in [0.25, 0.3) is 0 Å². The van der Waals surface area contributed by atoms with Gasteiger partial charge in [0, 0.05) is 38.6 Å². The molecule has 0 amide bonds. The minimum atomic E-state index is -3.36. The zero-order chi connectivity index (χ0) is 25.9. The molecule has 1 N–H and O–H groups in total. The Kier molecular flexibility index (Phi) is 8.07. The van der Waals surface area contributed by atoms with Crippen molar-refractivity contribution in [1.82, 2.24) is 9.21 Å². The molecule has 1 saturated heterocycles. The van der Waals surface area contributed by atoms with E-state index in [0.29, 0.717) is 36.8 Å². The fourth-order valence-electron chi connectivity index (χ4n) is 5.03. The number of ether oxygens (including phenoxy) is 3. The predicted octanol–water partition coefficient (Wildman–Crippen LogP) is 3.33. The number of sulfonamides is 1. The molecule has 0 aromatic heterocycles. The number of hydrogen-bond acceptors (Lipinski definition) is 7. The molecule has 2 aliphatic heterocycles. The summed E-state index contributed by atoms with van der Waals surface area (Å²) in [6, 6.07) is 12.5. The summed E-state index contributed by atoms with van der Waals surface area (Å²) < 4.78 is 42.9. The molecule has 0 bridgehead atoms. The number of unbranched alkanes of at least 4 members (excludes halogenated alkanes) is 1. The van der Waals surface area contributed by atoms with Gasteiger partial charge in [-0.05, 0) is 41.8 Å². The highest BCUT2D eigenvalue weighted by atomic mass is 32.2. The highest BCUT2D eigenvalue weighted by Crippen LogP contribution is 2.47. The van der Waals surface area contributed by atoms with E-state index in [-0.39, 0.29) is 25.0 Å². The fourth-order valence-corrected chi connectivity index (χ4v) is 6.36. The average molecular weight is 519 g/mol. The number of rotatable bonds is 11. The normalized spacial score (nSPS) is 21.7. The van der Waals surface area contributed by atoms with Crippen LogP contribution in [0.25, 0.3) is 0 Å². The van der Waals surface area contributed by atoms with E-state index >= 15 is 0 Å². The van der Waals surface area contributed by atoms with Gasteiger partial charge in [0.15, 0.2) is 11.5 Å². The van der Waals surface area contributed by atoms with Crippen LogP contribution in [-0.2, 0) is 14.8 Å². The molecule has 196 valence electrons. The van der Waals surface area contributed by atoms with Crippen molar-refractivity contribution in [3.8, 4) is 17.2 Å². The Labute approximate surface area is 212 Å². The van der Waals surface area contributed by atoms with Gasteiger partial charge in [-0.2, -0.15) is 0 Å². The first-order valence-corrected chi connectivity index (χ1v) is 13.8. The molecule has 0 spiro atoms. The number of likely N-dealkylation sites (tertiary alicyclic amines) is 1. The molecule has 9 nitrogen and oxygen atoms in total. The van der Waals surface area contributed by atoms with E-state index in [1.165, 1.54) is 4.31 Å². The number of carboxylic acids is 1. The Bertz CT molecular complexity index is 1170. The number of methoxy groups -OCH3 is 1. The van der Waals surface area contributed by atoms with Crippen LogP contribution < -0.4 is 14.2 Å². The number of carboxylic acid groups (broad SMARTS) is 1. The second-order valence-corrected chi connectivity index (χ2v) is 11.5. The van der Waals surface area contributed by atoms with Crippen molar-refractivity contribution in [3.05, 3.63) is 53.6 Å². The monoisotopic (exact) mass is 518 g/mol. The van der Waals surface area contributed by atoms with E-state index < -0.39 is 28.0 Å². The van der Waals surface area contributed by atoms with Crippen molar-refractivity contribution in [2.75, 3.05) is 46.3 Å². The number of aliphatic carboxylic acids is 1.